The SMILES string of the molecule is CN(C)C([NH2+]C1N(C)CCN1C)N(C)C. The van der Waals surface area contributed by atoms with E-state index in [9.17, 15) is 0 Å². The Kier molecular flexibility index (Phi) is 4.48. The molecule has 0 aromatic carbocycles. The van der Waals surface area contributed by atoms with Crippen LogP contribution in [0.1, 0.15) is 0 Å². The van der Waals surface area contributed by atoms with E-state index in [1.807, 2.05) is 0 Å². The molecule has 0 unspecified atom stereocenters. The van der Waals surface area contributed by atoms with E-state index in [2.05, 4.69) is 67.2 Å². The molecule has 15 heavy (non-hydrogen) atoms. The number of hydrogen-bond donors (Lipinski definition) is 1. The van der Waals surface area contributed by atoms with Crippen LogP contribution in [-0.4, -0.2) is 87.6 Å². The Morgan fingerprint density at radius 2 is 1.40 bits per heavy atom. The van der Waals surface area contributed by atoms with Crippen LogP contribution in [0.3, 0.4) is 0 Å². The summed E-state index contributed by atoms with van der Waals surface area (Å²) >= 11 is 0. The van der Waals surface area contributed by atoms with Gasteiger partial charge in [-0.3, -0.25) is 5.32 Å². The Labute approximate surface area is 93.6 Å². The molecule has 0 amide bonds. The number of rotatable bonds is 4. The fourth-order valence-electron chi connectivity index (χ4n) is 2.17. The van der Waals surface area contributed by atoms with E-state index in [0.717, 1.165) is 13.1 Å². The van der Waals surface area contributed by atoms with Crippen molar-refractivity contribution in [1.82, 2.24) is 19.6 Å². The topological polar surface area (TPSA) is 29.6 Å². The number of nitrogens with two attached hydrogens (primary N) is 1. The van der Waals surface area contributed by atoms with Gasteiger partial charge in [-0.2, -0.15) is 0 Å². The summed E-state index contributed by atoms with van der Waals surface area (Å²) in [6.45, 7) is 2.32. The molecule has 1 fully saturated rings. The maximum Gasteiger partial charge on any atom is 0.203 e. The first kappa shape index (κ1) is 12.9. The Morgan fingerprint density at radius 1 is 1.00 bits per heavy atom. The van der Waals surface area contributed by atoms with Gasteiger partial charge in [-0.05, 0) is 42.3 Å². The van der Waals surface area contributed by atoms with Crippen LogP contribution in [0, 0.1) is 0 Å². The minimum absolute atomic E-state index is 0.387. The molecule has 2 N–H and O–H groups in total. The third kappa shape index (κ3) is 3.12. The second-order valence-electron chi connectivity index (χ2n) is 4.91. The van der Waals surface area contributed by atoms with E-state index in [-0.39, 0.29) is 0 Å². The van der Waals surface area contributed by atoms with E-state index < -0.39 is 0 Å². The lowest BCUT2D eigenvalue weighted by molar-refractivity contribution is -0.782. The fourth-order valence-corrected chi connectivity index (χ4v) is 2.17. The van der Waals surface area contributed by atoms with Crippen LogP contribution < -0.4 is 5.32 Å². The summed E-state index contributed by atoms with van der Waals surface area (Å²) in [5, 5.41) is 2.40. The van der Waals surface area contributed by atoms with Gasteiger partial charge in [0, 0.05) is 13.1 Å². The zero-order valence-corrected chi connectivity index (χ0v) is 10.9. The monoisotopic (exact) mass is 216 g/mol. The summed E-state index contributed by atoms with van der Waals surface area (Å²) in [5.74, 6) is 0. The second-order valence-corrected chi connectivity index (χ2v) is 4.91. The predicted octanol–water partition coefficient (Wildman–Crippen LogP) is -1.88. The van der Waals surface area contributed by atoms with Crippen molar-refractivity contribution in [2.45, 2.75) is 12.6 Å². The molecule has 90 valence electrons. The van der Waals surface area contributed by atoms with Gasteiger partial charge in [0.15, 0.2) is 0 Å². The third-order valence-electron chi connectivity index (χ3n) is 3.11. The van der Waals surface area contributed by atoms with Crippen LogP contribution in [0.15, 0.2) is 0 Å². The quantitative estimate of drug-likeness (QED) is 0.557. The van der Waals surface area contributed by atoms with Crippen molar-refractivity contribution in [2.75, 3.05) is 55.4 Å². The molecular formula is C10H26N5+. The molecule has 0 aliphatic carbocycles. The van der Waals surface area contributed by atoms with Crippen LogP contribution in [0.25, 0.3) is 0 Å². The van der Waals surface area contributed by atoms with E-state index in [1.165, 1.54) is 0 Å². The molecule has 0 atom stereocenters. The Hall–Kier alpha value is -0.200. The molecule has 5 nitrogen and oxygen atoms in total. The van der Waals surface area contributed by atoms with Crippen LogP contribution in [0.4, 0.5) is 0 Å². The van der Waals surface area contributed by atoms with Crippen molar-refractivity contribution in [1.29, 1.82) is 0 Å². The van der Waals surface area contributed by atoms with Gasteiger partial charge in [0.1, 0.15) is 0 Å². The standard InChI is InChI=1S/C10H25N5/c1-12(2)9(13(3)4)11-10-14(5)7-8-15(10)6/h9-11H,7-8H2,1-6H3/p+1. The molecule has 0 aromatic heterocycles. The number of nitrogens with zero attached hydrogens (tertiary/aromatic N) is 4. The molecule has 1 rings (SSSR count). The summed E-state index contributed by atoms with van der Waals surface area (Å²) < 4.78 is 0. The normalized spacial score (nSPS) is 21.4. The lowest BCUT2D eigenvalue weighted by Crippen LogP contribution is -3.03. The molecule has 1 saturated heterocycles. The fraction of sp³-hybridized carbons (Fsp3) is 1.00. The van der Waals surface area contributed by atoms with Crippen molar-refractivity contribution in [3.05, 3.63) is 0 Å². The highest BCUT2D eigenvalue weighted by molar-refractivity contribution is 4.67. The molecule has 0 saturated carbocycles. The number of quaternary nitrogens is 1. The Morgan fingerprint density at radius 3 is 1.73 bits per heavy atom. The predicted molar refractivity (Wildman–Crippen MR) is 62.1 cm³/mol. The summed E-state index contributed by atoms with van der Waals surface area (Å²) in [6, 6.07) is 0. The summed E-state index contributed by atoms with van der Waals surface area (Å²) in [7, 11) is 12.9. The molecule has 0 aromatic rings. The van der Waals surface area contributed by atoms with Crippen molar-refractivity contribution in [3.8, 4) is 0 Å². The van der Waals surface area contributed by atoms with Gasteiger partial charge in [-0.1, -0.05) is 0 Å². The van der Waals surface area contributed by atoms with Crippen molar-refractivity contribution < 1.29 is 5.32 Å². The zero-order valence-electron chi connectivity index (χ0n) is 10.9. The number of likely N-dealkylation sites (N-methyl/N-ethyl adjacent to an activating group) is 2. The van der Waals surface area contributed by atoms with Gasteiger partial charge in [0.2, 0.25) is 12.6 Å². The molecule has 5 heteroatoms. The molecule has 0 spiro atoms. The Bertz CT molecular complexity index is 176. The minimum Gasteiger partial charge on any atom is -0.290 e. The summed E-state index contributed by atoms with van der Waals surface area (Å²) in [5.41, 5.74) is 0. The molecule has 1 heterocycles. The van der Waals surface area contributed by atoms with E-state index >= 15 is 0 Å². The highest BCUT2D eigenvalue weighted by Crippen LogP contribution is 2.03. The molecule has 0 radical (unpaired) electrons. The minimum atomic E-state index is 0.387. The average Bonchev–Trinajstić information content (AvgIpc) is 2.42. The number of hydrogen-bond acceptors (Lipinski definition) is 4. The Balaban J connectivity index is 2.57. The molecule has 0 bridgehead atoms. The van der Waals surface area contributed by atoms with E-state index in [0.29, 0.717) is 12.6 Å². The van der Waals surface area contributed by atoms with Crippen molar-refractivity contribution >= 4 is 0 Å². The van der Waals surface area contributed by atoms with Crippen LogP contribution >= 0.6 is 0 Å². The first-order valence-corrected chi connectivity index (χ1v) is 5.52. The maximum absolute atomic E-state index is 2.40. The van der Waals surface area contributed by atoms with Crippen LogP contribution in [0.5, 0.6) is 0 Å². The molecule has 1 aliphatic heterocycles. The van der Waals surface area contributed by atoms with Gasteiger partial charge in [0.05, 0.1) is 0 Å². The van der Waals surface area contributed by atoms with E-state index in [1.54, 1.807) is 0 Å². The smallest absolute Gasteiger partial charge is 0.203 e. The van der Waals surface area contributed by atoms with Gasteiger partial charge >= 0.3 is 0 Å². The maximum atomic E-state index is 2.40. The average molecular weight is 216 g/mol. The van der Waals surface area contributed by atoms with Crippen molar-refractivity contribution in [2.24, 2.45) is 0 Å². The van der Waals surface area contributed by atoms with Gasteiger partial charge in [0.25, 0.3) is 0 Å². The highest BCUT2D eigenvalue weighted by atomic mass is 15.5. The van der Waals surface area contributed by atoms with Crippen LogP contribution in [0.2, 0.25) is 0 Å². The lowest BCUT2D eigenvalue weighted by atomic mass is 10.5. The summed E-state index contributed by atoms with van der Waals surface area (Å²) in [4.78, 5) is 9.25. The molecular weight excluding hydrogens is 190 g/mol. The third-order valence-corrected chi connectivity index (χ3v) is 3.11. The highest BCUT2D eigenvalue weighted by Gasteiger charge is 2.33. The lowest BCUT2D eigenvalue weighted by Gasteiger charge is -2.33. The molecule has 1 aliphatic rings. The largest absolute Gasteiger partial charge is 0.290 e. The van der Waals surface area contributed by atoms with Gasteiger partial charge in [-0.15, -0.1) is 0 Å². The zero-order chi connectivity index (χ0) is 11.6. The van der Waals surface area contributed by atoms with Gasteiger partial charge in [-0.25, -0.2) is 19.6 Å². The van der Waals surface area contributed by atoms with Crippen LogP contribution in [-0.2, 0) is 0 Å². The first-order valence-electron chi connectivity index (χ1n) is 5.52. The first-order chi connectivity index (χ1) is 6.93. The van der Waals surface area contributed by atoms with E-state index in [4.69, 9.17) is 0 Å². The van der Waals surface area contributed by atoms with Gasteiger partial charge < -0.3 is 0 Å². The second kappa shape index (κ2) is 5.23. The van der Waals surface area contributed by atoms with Crippen molar-refractivity contribution in [3.63, 3.8) is 0 Å². The summed E-state index contributed by atoms with van der Waals surface area (Å²) in [6.07, 6.45) is 0.845.